The van der Waals surface area contributed by atoms with E-state index in [9.17, 15) is 0 Å². The zero-order valence-corrected chi connectivity index (χ0v) is 31.4. The maximum Gasteiger partial charge on any atom is 0.0719 e. The van der Waals surface area contributed by atoms with Crippen molar-refractivity contribution in [2.24, 2.45) is 0 Å². The van der Waals surface area contributed by atoms with Crippen molar-refractivity contribution in [3.63, 3.8) is 0 Å². The highest BCUT2D eigenvalue weighted by atomic mass is 14.5. The van der Waals surface area contributed by atoms with E-state index in [4.69, 9.17) is 0 Å². The zero-order valence-electron chi connectivity index (χ0n) is 31.4. The van der Waals surface area contributed by atoms with Gasteiger partial charge in [0.2, 0.25) is 0 Å². The molecule has 0 saturated heterocycles. The van der Waals surface area contributed by atoms with Gasteiger partial charge >= 0.3 is 0 Å². The van der Waals surface area contributed by atoms with E-state index in [-0.39, 0.29) is 0 Å². The number of fused-ring (bicyclic) bond motifs is 1. The van der Waals surface area contributed by atoms with Gasteiger partial charge in [-0.15, -0.1) is 0 Å². The van der Waals surface area contributed by atoms with Crippen molar-refractivity contribution in [2.75, 3.05) is 0 Å². The molecule has 56 heavy (non-hydrogen) atoms. The van der Waals surface area contributed by atoms with Crippen LogP contribution in [0.3, 0.4) is 0 Å². The van der Waals surface area contributed by atoms with Crippen molar-refractivity contribution >= 4 is 11.1 Å². The smallest absolute Gasteiger partial charge is 0.0719 e. The first-order valence-corrected chi connectivity index (χ1v) is 19.4. The minimum absolute atomic E-state index is 0.634. The van der Waals surface area contributed by atoms with Crippen molar-refractivity contribution in [2.45, 2.75) is 11.8 Å². The predicted molar refractivity (Wildman–Crippen MR) is 237 cm³/mol. The molecule has 1 aliphatic carbocycles. The quantitative estimate of drug-likeness (QED) is 0.124. The third-order valence-electron chi connectivity index (χ3n) is 11.2. The van der Waals surface area contributed by atoms with Gasteiger partial charge in [-0.1, -0.05) is 237 Å². The molecule has 9 rings (SSSR count). The van der Waals surface area contributed by atoms with Gasteiger partial charge in [-0.25, -0.2) is 0 Å². The summed E-state index contributed by atoms with van der Waals surface area (Å²) in [5.74, 6) is 0. The molecule has 0 fully saturated rings. The molecular formula is C56H42. The van der Waals surface area contributed by atoms with Crippen LogP contribution in [-0.2, 0) is 11.8 Å². The number of hydrogen-bond acceptors (Lipinski definition) is 0. The summed E-state index contributed by atoms with van der Waals surface area (Å²) in [6, 6.07) is 77.7. The van der Waals surface area contributed by atoms with Crippen molar-refractivity contribution in [3.05, 3.63) is 276 Å². The molecule has 0 aliphatic heterocycles. The molecule has 266 valence electrons. The van der Waals surface area contributed by atoms with E-state index < -0.39 is 5.41 Å². The van der Waals surface area contributed by atoms with E-state index in [2.05, 4.69) is 231 Å². The van der Waals surface area contributed by atoms with E-state index in [0.29, 0.717) is 0 Å². The fourth-order valence-electron chi connectivity index (χ4n) is 8.68. The van der Waals surface area contributed by atoms with Crippen LogP contribution in [0.15, 0.2) is 237 Å². The van der Waals surface area contributed by atoms with E-state index in [1.54, 1.807) is 0 Å². The fraction of sp³-hybridized carbons (Fsp3) is 0.0357. The molecule has 0 nitrogen and oxygen atoms in total. The van der Waals surface area contributed by atoms with Gasteiger partial charge < -0.3 is 0 Å². The van der Waals surface area contributed by atoms with Crippen molar-refractivity contribution < 1.29 is 0 Å². The summed E-state index contributed by atoms with van der Waals surface area (Å²) in [5, 5.41) is 0. The SMILES string of the molecule is C=C/C=C\C1=C(c2ccccc2)C(c2ccccc2)(c2ccc(-c3ccccc3)cc2)c2cc(Cc3ccc(-c4ccccc4)cc3)cc(-c3ccccc3)c21. The Morgan fingerprint density at radius 3 is 1.39 bits per heavy atom. The summed E-state index contributed by atoms with van der Waals surface area (Å²) in [6.07, 6.45) is 7.07. The molecule has 0 aromatic heterocycles. The second kappa shape index (κ2) is 15.4. The average Bonchev–Trinajstić information content (AvgIpc) is 3.57. The van der Waals surface area contributed by atoms with E-state index in [1.807, 2.05) is 6.08 Å². The molecular weight excluding hydrogens is 673 g/mol. The molecule has 8 aromatic carbocycles. The van der Waals surface area contributed by atoms with Crippen LogP contribution in [0.4, 0.5) is 0 Å². The van der Waals surface area contributed by atoms with Gasteiger partial charge in [-0.3, -0.25) is 0 Å². The molecule has 0 saturated carbocycles. The normalized spacial score (nSPS) is 14.9. The van der Waals surface area contributed by atoms with Crippen LogP contribution in [0, 0.1) is 0 Å². The Hall–Kier alpha value is -7.02. The van der Waals surface area contributed by atoms with Gasteiger partial charge in [0.15, 0.2) is 0 Å². The van der Waals surface area contributed by atoms with Crippen LogP contribution in [0.1, 0.15) is 38.9 Å². The molecule has 1 atom stereocenters. The highest BCUT2D eigenvalue weighted by molar-refractivity contribution is 6.12. The van der Waals surface area contributed by atoms with Gasteiger partial charge in [0.25, 0.3) is 0 Å². The molecule has 0 amide bonds. The van der Waals surface area contributed by atoms with Crippen molar-refractivity contribution in [3.8, 4) is 33.4 Å². The van der Waals surface area contributed by atoms with Gasteiger partial charge in [-0.2, -0.15) is 0 Å². The Bertz CT molecular complexity index is 2650. The number of allylic oxidation sites excluding steroid dienone is 5. The number of hydrogen-bond donors (Lipinski definition) is 0. The molecule has 0 heterocycles. The Labute approximate surface area is 331 Å². The average molecular weight is 715 g/mol. The lowest BCUT2D eigenvalue weighted by Gasteiger charge is -2.36. The maximum atomic E-state index is 4.12. The first-order chi connectivity index (χ1) is 27.7. The van der Waals surface area contributed by atoms with Crippen LogP contribution in [-0.4, -0.2) is 0 Å². The Morgan fingerprint density at radius 1 is 0.411 bits per heavy atom. The second-order valence-electron chi connectivity index (χ2n) is 14.5. The van der Waals surface area contributed by atoms with Crippen LogP contribution in [0.25, 0.3) is 44.5 Å². The molecule has 0 heteroatoms. The van der Waals surface area contributed by atoms with Crippen LogP contribution in [0.5, 0.6) is 0 Å². The Morgan fingerprint density at radius 2 is 0.857 bits per heavy atom. The van der Waals surface area contributed by atoms with Crippen molar-refractivity contribution in [1.82, 2.24) is 0 Å². The lowest BCUT2D eigenvalue weighted by molar-refractivity contribution is 0.812. The zero-order chi connectivity index (χ0) is 37.7. The summed E-state index contributed by atoms with van der Waals surface area (Å²) in [7, 11) is 0. The molecule has 0 radical (unpaired) electrons. The third kappa shape index (κ3) is 6.36. The minimum atomic E-state index is -0.634. The van der Waals surface area contributed by atoms with Crippen LogP contribution in [0.2, 0.25) is 0 Å². The topological polar surface area (TPSA) is 0 Å². The predicted octanol–water partition coefficient (Wildman–Crippen LogP) is 14.3. The first-order valence-electron chi connectivity index (χ1n) is 19.4. The lowest BCUT2D eigenvalue weighted by Crippen LogP contribution is -2.29. The van der Waals surface area contributed by atoms with Crippen molar-refractivity contribution in [1.29, 1.82) is 0 Å². The molecule has 0 N–H and O–H groups in total. The summed E-state index contributed by atoms with van der Waals surface area (Å²) >= 11 is 0. The molecule has 0 spiro atoms. The van der Waals surface area contributed by atoms with E-state index in [0.717, 1.165) is 6.42 Å². The highest BCUT2D eigenvalue weighted by Crippen LogP contribution is 2.60. The van der Waals surface area contributed by atoms with Gasteiger partial charge in [0, 0.05) is 0 Å². The fourth-order valence-corrected chi connectivity index (χ4v) is 8.68. The number of rotatable bonds is 10. The Balaban J connectivity index is 1.34. The monoisotopic (exact) mass is 714 g/mol. The molecule has 0 bridgehead atoms. The first kappa shape index (κ1) is 34.7. The summed E-state index contributed by atoms with van der Waals surface area (Å²) in [5.41, 5.74) is 17.9. The maximum absolute atomic E-state index is 4.12. The lowest BCUT2D eigenvalue weighted by atomic mass is 9.64. The van der Waals surface area contributed by atoms with E-state index >= 15 is 0 Å². The van der Waals surface area contributed by atoms with E-state index in [1.165, 1.54) is 83.5 Å². The molecule has 1 unspecified atom stereocenters. The number of benzene rings is 8. The second-order valence-corrected chi connectivity index (χ2v) is 14.5. The summed E-state index contributed by atoms with van der Waals surface area (Å²) in [4.78, 5) is 0. The summed E-state index contributed by atoms with van der Waals surface area (Å²) in [6.45, 7) is 4.12. The van der Waals surface area contributed by atoms with Gasteiger partial charge in [-0.05, 0) is 89.9 Å². The molecule has 8 aromatic rings. The Kier molecular flexibility index (Phi) is 9.54. The van der Waals surface area contributed by atoms with Gasteiger partial charge in [0.1, 0.15) is 0 Å². The van der Waals surface area contributed by atoms with Crippen LogP contribution < -0.4 is 0 Å². The largest absolute Gasteiger partial charge is 0.0991 e. The van der Waals surface area contributed by atoms with Crippen LogP contribution >= 0.6 is 0 Å². The molecule has 1 aliphatic rings. The third-order valence-corrected chi connectivity index (χ3v) is 11.2. The van der Waals surface area contributed by atoms with Gasteiger partial charge in [0.05, 0.1) is 5.41 Å². The highest BCUT2D eigenvalue weighted by Gasteiger charge is 2.49. The minimum Gasteiger partial charge on any atom is -0.0991 e. The summed E-state index contributed by atoms with van der Waals surface area (Å²) < 4.78 is 0. The standard InChI is InChI=1S/C56H42/c1-2-3-29-51-54-52(47-23-13-6-14-24-47)39-42(38-41-30-32-45(33-31-41)43-19-9-4-10-20-43)40-53(54)56(49-27-17-8-18-28-49,55(51)48-25-15-7-16-26-48)50-36-34-46(35-37-50)44-21-11-5-12-22-44/h2-37,39-40H,1,38H2/b29-3-.